The van der Waals surface area contributed by atoms with Crippen LogP contribution in [0, 0.1) is 5.92 Å². The maximum Gasteiger partial charge on any atom is 0.237 e. The van der Waals surface area contributed by atoms with Crippen molar-refractivity contribution in [2.45, 2.75) is 32.4 Å². The van der Waals surface area contributed by atoms with Crippen LogP contribution in [0.25, 0.3) is 0 Å². The Bertz CT molecular complexity index is 246. The molecule has 1 unspecified atom stereocenters. The number of carbonyl (C=O) groups excluding carboxylic acids is 1. The van der Waals surface area contributed by atoms with Crippen molar-refractivity contribution in [3.63, 3.8) is 0 Å². The molecule has 1 rings (SSSR count). The van der Waals surface area contributed by atoms with Gasteiger partial charge in [0.15, 0.2) is 0 Å². The van der Waals surface area contributed by atoms with Crippen LogP contribution in [0.4, 0.5) is 0 Å². The van der Waals surface area contributed by atoms with E-state index in [1.807, 2.05) is 0 Å². The lowest BCUT2D eigenvalue weighted by atomic mass is 10.0. The molecule has 1 aliphatic rings. The number of carbonyl (C=O) groups is 1. The summed E-state index contributed by atoms with van der Waals surface area (Å²) in [6, 6.07) is -0.406. The van der Waals surface area contributed by atoms with Crippen molar-refractivity contribution in [1.29, 1.82) is 0 Å². The van der Waals surface area contributed by atoms with E-state index in [9.17, 15) is 4.79 Å². The normalized spacial score (nSPS) is 23.7. The van der Waals surface area contributed by atoms with Crippen molar-refractivity contribution in [3.8, 4) is 0 Å². The fourth-order valence-electron chi connectivity index (χ4n) is 1.95. The summed E-state index contributed by atoms with van der Waals surface area (Å²) in [5, 5.41) is 2.86. The molecule has 1 saturated heterocycles. The van der Waals surface area contributed by atoms with Gasteiger partial charge in [0.2, 0.25) is 5.91 Å². The Hall–Kier alpha value is -0.650. The van der Waals surface area contributed by atoms with Gasteiger partial charge in [-0.2, -0.15) is 0 Å². The van der Waals surface area contributed by atoms with Crippen LogP contribution in [-0.2, 0) is 9.53 Å². The monoisotopic (exact) mass is 243 g/mol. The summed E-state index contributed by atoms with van der Waals surface area (Å²) in [7, 11) is 2.06. The molecule has 0 aromatic heterocycles. The summed E-state index contributed by atoms with van der Waals surface area (Å²) in [4.78, 5) is 13.9. The van der Waals surface area contributed by atoms with Crippen LogP contribution in [0.3, 0.4) is 0 Å². The van der Waals surface area contributed by atoms with E-state index < -0.39 is 6.04 Å². The molecule has 5 heteroatoms. The average Bonchev–Trinajstić information content (AvgIpc) is 2.25. The number of morpholine rings is 1. The van der Waals surface area contributed by atoms with E-state index in [-0.39, 0.29) is 12.0 Å². The zero-order chi connectivity index (χ0) is 12.8. The maximum absolute atomic E-state index is 11.7. The fourth-order valence-corrected chi connectivity index (χ4v) is 1.95. The highest BCUT2D eigenvalue weighted by Crippen LogP contribution is 2.04. The first-order valence-electron chi connectivity index (χ1n) is 6.32. The van der Waals surface area contributed by atoms with Crippen molar-refractivity contribution >= 4 is 5.91 Å². The van der Waals surface area contributed by atoms with E-state index >= 15 is 0 Å². The Morgan fingerprint density at radius 2 is 2.29 bits per heavy atom. The first-order valence-corrected chi connectivity index (χ1v) is 6.32. The lowest BCUT2D eigenvalue weighted by Crippen LogP contribution is -2.49. The van der Waals surface area contributed by atoms with Crippen LogP contribution in [0.2, 0.25) is 0 Å². The first-order chi connectivity index (χ1) is 7.99. The van der Waals surface area contributed by atoms with Gasteiger partial charge in [-0.1, -0.05) is 13.8 Å². The zero-order valence-electron chi connectivity index (χ0n) is 11.1. The number of hydrogen-bond acceptors (Lipinski definition) is 4. The molecule has 1 amide bonds. The van der Waals surface area contributed by atoms with Crippen molar-refractivity contribution in [1.82, 2.24) is 10.2 Å². The molecule has 0 spiro atoms. The molecule has 17 heavy (non-hydrogen) atoms. The topological polar surface area (TPSA) is 67.6 Å². The molecule has 1 aliphatic heterocycles. The minimum Gasteiger partial charge on any atom is -0.374 e. The van der Waals surface area contributed by atoms with E-state index in [4.69, 9.17) is 10.5 Å². The van der Waals surface area contributed by atoms with Crippen molar-refractivity contribution in [3.05, 3.63) is 0 Å². The molecule has 0 bridgehead atoms. The summed E-state index contributed by atoms with van der Waals surface area (Å²) >= 11 is 0. The first kappa shape index (κ1) is 14.4. The lowest BCUT2D eigenvalue weighted by Gasteiger charge is -2.30. The van der Waals surface area contributed by atoms with Crippen LogP contribution in [0.5, 0.6) is 0 Å². The molecule has 0 radical (unpaired) electrons. The van der Waals surface area contributed by atoms with Gasteiger partial charge in [0.1, 0.15) is 0 Å². The minimum atomic E-state index is -0.406. The molecule has 0 aliphatic carbocycles. The summed E-state index contributed by atoms with van der Waals surface area (Å²) in [6.07, 6.45) is 0.806. The minimum absolute atomic E-state index is 0.0736. The highest BCUT2D eigenvalue weighted by molar-refractivity contribution is 5.81. The molecular formula is C12H25N3O2. The number of ether oxygens (including phenoxy) is 1. The molecule has 100 valence electrons. The SMILES string of the molecule is CC(C)C[C@H](N)C(=O)NCC1CN(C)CCO1. The molecule has 3 N–H and O–H groups in total. The quantitative estimate of drug-likeness (QED) is 0.702. The number of rotatable bonds is 5. The van der Waals surface area contributed by atoms with Gasteiger partial charge in [-0.3, -0.25) is 4.79 Å². The van der Waals surface area contributed by atoms with Crippen molar-refractivity contribution < 1.29 is 9.53 Å². The zero-order valence-corrected chi connectivity index (χ0v) is 11.1. The molecule has 1 heterocycles. The highest BCUT2D eigenvalue weighted by Gasteiger charge is 2.20. The third kappa shape index (κ3) is 5.48. The Morgan fingerprint density at radius 3 is 2.88 bits per heavy atom. The van der Waals surface area contributed by atoms with Gasteiger partial charge in [0, 0.05) is 19.6 Å². The number of nitrogens with two attached hydrogens (primary N) is 1. The fraction of sp³-hybridized carbons (Fsp3) is 0.917. The van der Waals surface area contributed by atoms with Gasteiger partial charge in [-0.15, -0.1) is 0 Å². The van der Waals surface area contributed by atoms with Gasteiger partial charge in [0.25, 0.3) is 0 Å². The maximum atomic E-state index is 11.7. The van der Waals surface area contributed by atoms with Gasteiger partial charge >= 0.3 is 0 Å². The number of hydrogen-bond donors (Lipinski definition) is 2. The van der Waals surface area contributed by atoms with Crippen molar-refractivity contribution in [2.75, 3.05) is 33.3 Å². The van der Waals surface area contributed by atoms with Crippen LogP contribution in [-0.4, -0.2) is 56.2 Å². The summed E-state index contributed by atoms with van der Waals surface area (Å²) in [6.45, 7) is 7.22. The second kappa shape index (κ2) is 6.93. The lowest BCUT2D eigenvalue weighted by molar-refractivity contribution is -0.123. The Morgan fingerprint density at radius 1 is 1.59 bits per heavy atom. The standard InChI is InChI=1S/C12H25N3O2/c1-9(2)6-11(13)12(16)14-7-10-8-15(3)4-5-17-10/h9-11H,4-8,13H2,1-3H3,(H,14,16)/t10?,11-/m0/s1. The van der Waals surface area contributed by atoms with E-state index in [0.29, 0.717) is 12.5 Å². The molecule has 0 aromatic rings. The Balaban J connectivity index is 2.22. The van der Waals surface area contributed by atoms with Crippen LogP contribution >= 0.6 is 0 Å². The Kier molecular flexibility index (Phi) is 5.88. The van der Waals surface area contributed by atoms with Crippen LogP contribution < -0.4 is 11.1 Å². The molecule has 1 fully saturated rings. The molecular weight excluding hydrogens is 218 g/mol. The summed E-state index contributed by atoms with van der Waals surface area (Å²) < 4.78 is 5.56. The van der Waals surface area contributed by atoms with Gasteiger partial charge in [-0.25, -0.2) is 0 Å². The van der Waals surface area contributed by atoms with Gasteiger partial charge < -0.3 is 20.7 Å². The molecule has 2 atom stereocenters. The van der Waals surface area contributed by atoms with E-state index in [2.05, 4.69) is 31.1 Å². The van der Waals surface area contributed by atoms with Gasteiger partial charge in [0.05, 0.1) is 18.8 Å². The third-order valence-corrected chi connectivity index (χ3v) is 2.91. The smallest absolute Gasteiger partial charge is 0.237 e. The predicted molar refractivity (Wildman–Crippen MR) is 67.7 cm³/mol. The van der Waals surface area contributed by atoms with E-state index in [1.165, 1.54) is 0 Å². The summed E-state index contributed by atoms with van der Waals surface area (Å²) in [5.74, 6) is 0.364. The number of nitrogens with one attached hydrogen (secondary N) is 1. The number of nitrogens with zero attached hydrogens (tertiary/aromatic N) is 1. The van der Waals surface area contributed by atoms with E-state index in [1.54, 1.807) is 0 Å². The molecule has 5 nitrogen and oxygen atoms in total. The Labute approximate surface area is 104 Å². The number of likely N-dealkylation sites (N-methyl/N-ethyl adjacent to an activating group) is 1. The third-order valence-electron chi connectivity index (χ3n) is 2.91. The molecule has 0 saturated carbocycles. The predicted octanol–water partition coefficient (Wildman–Crippen LogP) is -0.193. The second-order valence-corrected chi connectivity index (χ2v) is 5.24. The van der Waals surface area contributed by atoms with Gasteiger partial charge in [-0.05, 0) is 19.4 Å². The molecule has 0 aromatic carbocycles. The number of amides is 1. The highest BCUT2D eigenvalue weighted by atomic mass is 16.5. The largest absolute Gasteiger partial charge is 0.374 e. The van der Waals surface area contributed by atoms with E-state index in [0.717, 1.165) is 26.1 Å². The average molecular weight is 243 g/mol. The van der Waals surface area contributed by atoms with Crippen LogP contribution in [0.15, 0.2) is 0 Å². The second-order valence-electron chi connectivity index (χ2n) is 5.24. The van der Waals surface area contributed by atoms with Crippen molar-refractivity contribution in [2.24, 2.45) is 11.7 Å². The van der Waals surface area contributed by atoms with Crippen LogP contribution in [0.1, 0.15) is 20.3 Å². The summed E-state index contributed by atoms with van der Waals surface area (Å²) in [5.41, 5.74) is 5.80.